The van der Waals surface area contributed by atoms with Crippen LogP contribution in [0.4, 0.5) is 13.2 Å². The van der Waals surface area contributed by atoms with Crippen molar-refractivity contribution in [3.05, 3.63) is 71.5 Å². The molecule has 0 saturated carbocycles. The summed E-state index contributed by atoms with van der Waals surface area (Å²) >= 11 is 0. The van der Waals surface area contributed by atoms with E-state index in [4.69, 9.17) is 9.47 Å². The van der Waals surface area contributed by atoms with Crippen LogP contribution in [0.15, 0.2) is 48.5 Å². The molecule has 3 aromatic carbocycles. The lowest BCUT2D eigenvalue weighted by Crippen LogP contribution is -2.04. The predicted molar refractivity (Wildman–Crippen MR) is 167 cm³/mol. The summed E-state index contributed by atoms with van der Waals surface area (Å²) in [6.07, 6.45) is 14.1. The van der Waals surface area contributed by atoms with Crippen LogP contribution in [0.2, 0.25) is 0 Å². The molecule has 4 nitrogen and oxygen atoms in total. The lowest BCUT2D eigenvalue weighted by atomic mass is 9.94. The first-order valence-electron chi connectivity index (χ1n) is 15.8. The third kappa shape index (κ3) is 10.3. The van der Waals surface area contributed by atoms with Crippen LogP contribution < -0.4 is 9.47 Å². The third-order valence-electron chi connectivity index (χ3n) is 7.61. The molecule has 0 heterocycles. The van der Waals surface area contributed by atoms with Crippen LogP contribution in [0.25, 0.3) is 22.3 Å². The van der Waals surface area contributed by atoms with E-state index in [9.17, 15) is 14.3 Å². The third-order valence-corrected chi connectivity index (χ3v) is 7.61. The molecule has 1 N–H and O–H groups in total. The van der Waals surface area contributed by atoms with Gasteiger partial charge < -0.3 is 14.6 Å². The van der Waals surface area contributed by atoms with E-state index in [-0.39, 0.29) is 34.8 Å². The number of carbonyl (C=O) groups is 1. The SMILES string of the molecule is CCCCCCCCCOc1ccc(-c2cc(-c3ccc(OCCCCCCCC)c(F)c3)ccc2C(=O)O)c(F)c1F. The van der Waals surface area contributed by atoms with Crippen LogP contribution >= 0.6 is 0 Å². The summed E-state index contributed by atoms with van der Waals surface area (Å²) < 4.78 is 56.3. The maximum atomic E-state index is 15.3. The van der Waals surface area contributed by atoms with E-state index in [0.29, 0.717) is 17.7 Å². The van der Waals surface area contributed by atoms with Crippen LogP contribution in [0.5, 0.6) is 11.5 Å². The van der Waals surface area contributed by atoms with Crippen LogP contribution in [0.3, 0.4) is 0 Å². The standard InChI is InChI=1S/C36H45F3O4/c1-3-5-7-9-11-13-15-23-43-33-21-19-28(34(38)35(33)39)30-24-26(16-18-29(30)36(40)41)27-17-20-32(31(37)25-27)42-22-14-12-10-8-6-4-2/h16-21,24-25H,3-15,22-23H2,1-2H3,(H,40,41). The molecule has 234 valence electrons. The number of hydrogen-bond donors (Lipinski definition) is 1. The first-order valence-corrected chi connectivity index (χ1v) is 15.8. The van der Waals surface area contributed by atoms with Crippen molar-refractivity contribution in [1.29, 1.82) is 0 Å². The van der Waals surface area contributed by atoms with Gasteiger partial charge in [0.2, 0.25) is 5.82 Å². The number of unbranched alkanes of at least 4 members (excludes halogenated alkanes) is 11. The largest absolute Gasteiger partial charge is 0.491 e. The van der Waals surface area contributed by atoms with E-state index in [1.54, 1.807) is 6.07 Å². The molecule has 3 rings (SSSR count). The molecule has 0 atom stereocenters. The highest BCUT2D eigenvalue weighted by Crippen LogP contribution is 2.35. The second-order valence-electron chi connectivity index (χ2n) is 11.0. The molecular weight excluding hydrogens is 553 g/mol. The van der Waals surface area contributed by atoms with Gasteiger partial charge in [0.15, 0.2) is 23.1 Å². The smallest absolute Gasteiger partial charge is 0.336 e. The summed E-state index contributed by atoms with van der Waals surface area (Å²) in [6.45, 7) is 5.02. The Bertz CT molecular complexity index is 1310. The lowest BCUT2D eigenvalue weighted by molar-refractivity contribution is 0.0697. The average molecular weight is 599 g/mol. The quantitative estimate of drug-likeness (QED) is 0.131. The van der Waals surface area contributed by atoms with E-state index < -0.39 is 23.4 Å². The summed E-state index contributed by atoms with van der Waals surface area (Å²) in [6, 6.07) is 11.4. The Balaban J connectivity index is 1.71. The first-order chi connectivity index (χ1) is 20.9. The molecular formula is C36H45F3O4. The average Bonchev–Trinajstić information content (AvgIpc) is 3.00. The second kappa shape index (κ2) is 18.2. The Morgan fingerprint density at radius 3 is 1.70 bits per heavy atom. The summed E-state index contributed by atoms with van der Waals surface area (Å²) in [7, 11) is 0. The van der Waals surface area contributed by atoms with Gasteiger partial charge in [-0.25, -0.2) is 13.6 Å². The zero-order valence-corrected chi connectivity index (χ0v) is 25.5. The Kier molecular flexibility index (Phi) is 14.4. The molecule has 0 aromatic heterocycles. The summed E-state index contributed by atoms with van der Waals surface area (Å²) in [5.41, 5.74) is 0.500. The molecule has 7 heteroatoms. The van der Waals surface area contributed by atoms with Gasteiger partial charge in [-0.05, 0) is 65.9 Å². The van der Waals surface area contributed by atoms with Gasteiger partial charge in [-0.2, -0.15) is 4.39 Å². The van der Waals surface area contributed by atoms with E-state index in [1.807, 2.05) is 0 Å². The number of rotatable bonds is 20. The van der Waals surface area contributed by atoms with Gasteiger partial charge in [0.25, 0.3) is 0 Å². The van der Waals surface area contributed by atoms with Crippen molar-refractivity contribution in [3.8, 4) is 33.8 Å². The summed E-state index contributed by atoms with van der Waals surface area (Å²) in [5, 5.41) is 9.76. The van der Waals surface area contributed by atoms with Crippen molar-refractivity contribution in [2.45, 2.75) is 97.3 Å². The number of ether oxygens (including phenoxy) is 2. The highest BCUT2D eigenvalue weighted by atomic mass is 19.2. The van der Waals surface area contributed by atoms with E-state index in [2.05, 4.69) is 13.8 Å². The molecule has 0 bridgehead atoms. The molecule has 0 spiro atoms. The first kappa shape index (κ1) is 34.0. The maximum Gasteiger partial charge on any atom is 0.336 e. The van der Waals surface area contributed by atoms with E-state index >= 15 is 8.78 Å². The van der Waals surface area contributed by atoms with Crippen molar-refractivity contribution < 1.29 is 32.5 Å². The lowest BCUT2D eigenvalue weighted by Gasteiger charge is -2.14. The van der Waals surface area contributed by atoms with Crippen molar-refractivity contribution in [1.82, 2.24) is 0 Å². The zero-order valence-electron chi connectivity index (χ0n) is 25.5. The minimum absolute atomic E-state index is 0.0103. The van der Waals surface area contributed by atoms with Gasteiger partial charge in [0.1, 0.15) is 0 Å². The van der Waals surface area contributed by atoms with Crippen molar-refractivity contribution in [3.63, 3.8) is 0 Å². The second-order valence-corrected chi connectivity index (χ2v) is 11.0. The summed E-state index contributed by atoms with van der Waals surface area (Å²) in [5.74, 6) is -4.27. The van der Waals surface area contributed by atoms with E-state index in [1.165, 1.54) is 81.0 Å². The monoisotopic (exact) mass is 598 g/mol. The Morgan fingerprint density at radius 2 is 1.12 bits per heavy atom. The predicted octanol–water partition coefficient (Wildman–Crippen LogP) is 11.0. The fraction of sp³-hybridized carbons (Fsp3) is 0.472. The maximum absolute atomic E-state index is 15.3. The van der Waals surface area contributed by atoms with Crippen LogP contribution in [0, 0.1) is 17.5 Å². The zero-order chi connectivity index (χ0) is 31.0. The fourth-order valence-corrected chi connectivity index (χ4v) is 5.09. The molecule has 0 unspecified atom stereocenters. The minimum atomic E-state index is -1.29. The minimum Gasteiger partial charge on any atom is -0.491 e. The molecule has 0 saturated heterocycles. The van der Waals surface area contributed by atoms with E-state index in [0.717, 1.165) is 44.9 Å². The number of halogens is 3. The van der Waals surface area contributed by atoms with Gasteiger partial charge >= 0.3 is 5.97 Å². The molecule has 43 heavy (non-hydrogen) atoms. The summed E-state index contributed by atoms with van der Waals surface area (Å²) in [4.78, 5) is 12.0. The Morgan fingerprint density at radius 1 is 0.605 bits per heavy atom. The molecule has 0 aliphatic rings. The van der Waals surface area contributed by atoms with Gasteiger partial charge in [-0.3, -0.25) is 0 Å². The van der Waals surface area contributed by atoms with Gasteiger partial charge in [0.05, 0.1) is 18.8 Å². The fourth-order valence-electron chi connectivity index (χ4n) is 5.09. The highest BCUT2D eigenvalue weighted by molar-refractivity contribution is 5.97. The van der Waals surface area contributed by atoms with Gasteiger partial charge in [-0.1, -0.05) is 96.6 Å². The molecule has 3 aromatic rings. The topological polar surface area (TPSA) is 55.8 Å². The van der Waals surface area contributed by atoms with Crippen LogP contribution in [-0.2, 0) is 0 Å². The molecule has 0 fully saturated rings. The number of carboxylic acids is 1. The molecule has 0 aliphatic heterocycles. The molecule has 0 radical (unpaired) electrons. The van der Waals surface area contributed by atoms with Gasteiger partial charge in [-0.15, -0.1) is 0 Å². The van der Waals surface area contributed by atoms with Crippen LogP contribution in [-0.4, -0.2) is 24.3 Å². The Hall–Kier alpha value is -3.48. The number of benzene rings is 3. The number of hydrogen-bond acceptors (Lipinski definition) is 3. The highest BCUT2D eigenvalue weighted by Gasteiger charge is 2.21. The number of aromatic carboxylic acids is 1. The van der Waals surface area contributed by atoms with Gasteiger partial charge in [0, 0.05) is 5.56 Å². The normalized spacial score (nSPS) is 11.1. The van der Waals surface area contributed by atoms with Crippen LogP contribution in [0.1, 0.15) is 108 Å². The molecule has 0 aliphatic carbocycles. The van der Waals surface area contributed by atoms with Crippen molar-refractivity contribution >= 4 is 5.97 Å². The Labute approximate surface area is 254 Å². The molecule has 0 amide bonds. The van der Waals surface area contributed by atoms with Crippen molar-refractivity contribution in [2.24, 2.45) is 0 Å². The number of carboxylic acid groups (broad SMARTS) is 1. The van der Waals surface area contributed by atoms with Crippen molar-refractivity contribution in [2.75, 3.05) is 13.2 Å².